The van der Waals surface area contributed by atoms with Crippen molar-refractivity contribution in [2.24, 2.45) is 5.92 Å². The van der Waals surface area contributed by atoms with E-state index < -0.39 is 46.1 Å². The van der Waals surface area contributed by atoms with E-state index in [0.717, 1.165) is 17.7 Å². The van der Waals surface area contributed by atoms with Gasteiger partial charge in [-0.3, -0.25) is 9.59 Å². The second kappa shape index (κ2) is 10.5. The molecule has 0 bridgehead atoms. The van der Waals surface area contributed by atoms with Gasteiger partial charge in [-0.05, 0) is 43.5 Å². The Morgan fingerprint density at radius 1 is 1.00 bits per heavy atom. The van der Waals surface area contributed by atoms with Gasteiger partial charge in [0.15, 0.2) is 11.6 Å². The fourth-order valence-corrected chi connectivity index (χ4v) is 3.93. The van der Waals surface area contributed by atoms with Gasteiger partial charge in [-0.25, -0.2) is 17.2 Å². The molecule has 168 valence electrons. The lowest BCUT2D eigenvalue weighted by atomic mass is 10.0. The smallest absolute Gasteiger partial charge is 0.243 e. The molecule has 0 aromatic heterocycles. The van der Waals surface area contributed by atoms with Crippen LogP contribution in [0.25, 0.3) is 0 Å². The van der Waals surface area contributed by atoms with Crippen molar-refractivity contribution in [1.82, 2.24) is 10.0 Å². The summed E-state index contributed by atoms with van der Waals surface area (Å²) in [5.74, 6) is -3.53. The molecule has 31 heavy (non-hydrogen) atoms. The Hall–Kier alpha value is -2.85. The Bertz CT molecular complexity index is 1040. The van der Waals surface area contributed by atoms with Crippen LogP contribution in [0, 0.1) is 24.5 Å². The van der Waals surface area contributed by atoms with E-state index in [4.69, 9.17) is 0 Å². The molecule has 0 heterocycles. The third kappa shape index (κ3) is 7.41. The van der Waals surface area contributed by atoms with Gasteiger partial charge < -0.3 is 10.6 Å². The Morgan fingerprint density at radius 3 is 2.23 bits per heavy atom. The molecule has 1 unspecified atom stereocenters. The molecule has 0 fully saturated rings. The summed E-state index contributed by atoms with van der Waals surface area (Å²) in [5.41, 5.74) is 0.916. The largest absolute Gasteiger partial charge is 0.346 e. The van der Waals surface area contributed by atoms with Crippen LogP contribution in [0.3, 0.4) is 0 Å². The summed E-state index contributed by atoms with van der Waals surface area (Å²) in [6, 6.07) is 7.93. The minimum absolute atomic E-state index is 0.00696. The molecular weight excluding hydrogens is 428 g/mol. The summed E-state index contributed by atoms with van der Waals surface area (Å²) in [7, 11) is -3.95. The Kier molecular flexibility index (Phi) is 8.23. The zero-order chi connectivity index (χ0) is 23.2. The molecule has 3 N–H and O–H groups in total. The fourth-order valence-electron chi connectivity index (χ4n) is 2.72. The number of carbonyl (C=O) groups is 2. The maximum absolute atomic E-state index is 13.2. The van der Waals surface area contributed by atoms with E-state index in [-0.39, 0.29) is 22.9 Å². The van der Waals surface area contributed by atoms with E-state index >= 15 is 0 Å². The molecule has 2 aromatic carbocycles. The molecule has 0 aliphatic heterocycles. The molecule has 0 spiro atoms. The van der Waals surface area contributed by atoms with Crippen molar-refractivity contribution in [1.29, 1.82) is 0 Å². The van der Waals surface area contributed by atoms with E-state index in [2.05, 4.69) is 15.4 Å². The van der Waals surface area contributed by atoms with Crippen molar-refractivity contribution in [2.75, 3.05) is 11.9 Å². The van der Waals surface area contributed by atoms with E-state index in [1.165, 1.54) is 18.2 Å². The van der Waals surface area contributed by atoms with Crippen molar-refractivity contribution >= 4 is 27.5 Å². The topological polar surface area (TPSA) is 104 Å². The van der Waals surface area contributed by atoms with Gasteiger partial charge in [0.2, 0.25) is 21.8 Å². The molecule has 0 aliphatic carbocycles. The summed E-state index contributed by atoms with van der Waals surface area (Å²) in [6.07, 6.45) is 0.210. The van der Waals surface area contributed by atoms with Crippen LogP contribution in [-0.2, 0) is 19.6 Å². The summed E-state index contributed by atoms with van der Waals surface area (Å²) < 4.78 is 53.9. The van der Waals surface area contributed by atoms with E-state index in [1.54, 1.807) is 12.1 Å². The Morgan fingerprint density at radius 2 is 1.65 bits per heavy atom. The second-order valence-electron chi connectivity index (χ2n) is 7.51. The van der Waals surface area contributed by atoms with Crippen LogP contribution in [-0.4, -0.2) is 32.8 Å². The van der Waals surface area contributed by atoms with Crippen LogP contribution < -0.4 is 15.4 Å². The minimum atomic E-state index is -3.95. The predicted octanol–water partition coefficient (Wildman–Crippen LogP) is 2.72. The van der Waals surface area contributed by atoms with Gasteiger partial charge in [-0.15, -0.1) is 0 Å². The molecule has 7 nitrogen and oxygen atoms in total. The molecular formula is C21H25F2N3O4S. The first kappa shape index (κ1) is 24.4. The zero-order valence-corrected chi connectivity index (χ0v) is 18.2. The highest BCUT2D eigenvalue weighted by Gasteiger charge is 2.26. The molecule has 2 rings (SSSR count). The van der Waals surface area contributed by atoms with Gasteiger partial charge in [-0.1, -0.05) is 31.5 Å². The number of sulfonamides is 1. The third-order valence-electron chi connectivity index (χ3n) is 4.28. The number of benzene rings is 2. The van der Waals surface area contributed by atoms with E-state index in [0.29, 0.717) is 0 Å². The van der Waals surface area contributed by atoms with Crippen molar-refractivity contribution in [3.8, 4) is 0 Å². The SMILES string of the molecule is Cc1ccc(S(=O)(=O)NC(CC(C)C)C(=O)NCC(=O)Nc2ccc(F)c(F)c2)cc1. The maximum Gasteiger partial charge on any atom is 0.243 e. The Balaban J connectivity index is 2.02. The molecule has 0 saturated heterocycles. The second-order valence-corrected chi connectivity index (χ2v) is 9.23. The molecule has 0 aliphatic rings. The van der Waals surface area contributed by atoms with Crippen LogP contribution in [0.15, 0.2) is 47.4 Å². The summed E-state index contributed by atoms with van der Waals surface area (Å²) >= 11 is 0. The summed E-state index contributed by atoms with van der Waals surface area (Å²) in [5, 5.41) is 4.70. The van der Waals surface area contributed by atoms with E-state index in [1.807, 2.05) is 20.8 Å². The standard InChI is InChI=1S/C21H25F2N3O4S/c1-13(2)10-19(26-31(29,30)16-7-4-14(3)5-8-16)21(28)24-12-20(27)25-15-6-9-17(22)18(23)11-15/h4-9,11,13,19,26H,10,12H2,1-3H3,(H,24,28)(H,25,27). The number of anilines is 1. The number of hydrogen-bond donors (Lipinski definition) is 3. The number of rotatable bonds is 9. The predicted molar refractivity (Wildman–Crippen MR) is 113 cm³/mol. The van der Waals surface area contributed by atoms with Crippen molar-refractivity contribution in [2.45, 2.75) is 38.1 Å². The summed E-state index contributed by atoms with van der Waals surface area (Å²) in [6.45, 7) is 5.01. The van der Waals surface area contributed by atoms with Gasteiger partial charge in [-0.2, -0.15) is 4.72 Å². The lowest BCUT2D eigenvalue weighted by Gasteiger charge is -2.20. The number of aryl methyl sites for hydroxylation is 1. The van der Waals surface area contributed by atoms with Crippen LogP contribution in [0.1, 0.15) is 25.8 Å². The highest BCUT2D eigenvalue weighted by atomic mass is 32.2. The average molecular weight is 454 g/mol. The Labute approximate surface area is 180 Å². The van der Waals surface area contributed by atoms with Gasteiger partial charge in [0, 0.05) is 11.8 Å². The highest BCUT2D eigenvalue weighted by molar-refractivity contribution is 7.89. The van der Waals surface area contributed by atoms with Gasteiger partial charge in [0.05, 0.1) is 11.4 Å². The van der Waals surface area contributed by atoms with Crippen LogP contribution >= 0.6 is 0 Å². The van der Waals surface area contributed by atoms with Crippen LogP contribution in [0.5, 0.6) is 0 Å². The first-order valence-electron chi connectivity index (χ1n) is 9.59. The number of amides is 2. The average Bonchev–Trinajstić information content (AvgIpc) is 2.68. The monoisotopic (exact) mass is 453 g/mol. The lowest BCUT2D eigenvalue weighted by molar-refractivity contribution is -0.125. The molecule has 2 amide bonds. The fraction of sp³-hybridized carbons (Fsp3) is 0.333. The lowest BCUT2D eigenvalue weighted by Crippen LogP contribution is -2.48. The van der Waals surface area contributed by atoms with Crippen molar-refractivity contribution in [3.05, 3.63) is 59.7 Å². The van der Waals surface area contributed by atoms with Crippen molar-refractivity contribution in [3.63, 3.8) is 0 Å². The molecule has 1 atom stereocenters. The van der Waals surface area contributed by atoms with Gasteiger partial charge >= 0.3 is 0 Å². The third-order valence-corrected chi connectivity index (χ3v) is 5.77. The number of carbonyl (C=O) groups excluding carboxylic acids is 2. The van der Waals surface area contributed by atoms with Crippen LogP contribution in [0.2, 0.25) is 0 Å². The maximum atomic E-state index is 13.2. The summed E-state index contributed by atoms with van der Waals surface area (Å²) in [4.78, 5) is 24.6. The van der Waals surface area contributed by atoms with Crippen molar-refractivity contribution < 1.29 is 26.8 Å². The normalized spacial score (nSPS) is 12.5. The van der Waals surface area contributed by atoms with E-state index in [9.17, 15) is 26.8 Å². The zero-order valence-electron chi connectivity index (χ0n) is 17.4. The molecule has 0 radical (unpaired) electrons. The van der Waals surface area contributed by atoms with Gasteiger partial charge in [0.1, 0.15) is 6.04 Å². The minimum Gasteiger partial charge on any atom is -0.346 e. The number of nitrogens with one attached hydrogen (secondary N) is 3. The first-order chi connectivity index (χ1) is 14.5. The number of halogens is 2. The molecule has 2 aromatic rings. The van der Waals surface area contributed by atoms with Crippen LogP contribution in [0.4, 0.5) is 14.5 Å². The number of hydrogen-bond acceptors (Lipinski definition) is 4. The van der Waals surface area contributed by atoms with Gasteiger partial charge in [0.25, 0.3) is 0 Å². The quantitative estimate of drug-likeness (QED) is 0.543. The molecule has 10 heteroatoms. The highest BCUT2D eigenvalue weighted by Crippen LogP contribution is 2.14. The molecule has 0 saturated carbocycles. The first-order valence-corrected chi connectivity index (χ1v) is 11.1.